The molecule has 232 valence electrons. The van der Waals surface area contributed by atoms with Gasteiger partial charge in [0, 0.05) is 13.1 Å². The van der Waals surface area contributed by atoms with Crippen molar-refractivity contribution in [1.29, 1.82) is 0 Å². The van der Waals surface area contributed by atoms with Crippen LogP contribution in [0.15, 0.2) is 0 Å². The first-order chi connectivity index (χ1) is 18.3. The van der Waals surface area contributed by atoms with Gasteiger partial charge in [0.1, 0.15) is 0 Å². The Morgan fingerprint density at radius 1 is 0.579 bits per heavy atom. The summed E-state index contributed by atoms with van der Waals surface area (Å²) in [7, 11) is -4.31. The van der Waals surface area contributed by atoms with Gasteiger partial charge in [-0.1, -0.05) is 130 Å². The molecule has 4 N–H and O–H groups in total. The summed E-state index contributed by atoms with van der Waals surface area (Å²) in [5.41, 5.74) is 0. The molecule has 7 nitrogen and oxygen atoms in total. The fraction of sp³-hybridized carbons (Fsp3) is 1.00. The largest absolute Gasteiger partial charge is 0.469 e. The van der Waals surface area contributed by atoms with Crippen molar-refractivity contribution in [1.82, 2.24) is 4.90 Å². The van der Waals surface area contributed by atoms with Gasteiger partial charge in [-0.2, -0.15) is 0 Å². The lowest BCUT2D eigenvalue weighted by Crippen LogP contribution is -2.30. The summed E-state index contributed by atoms with van der Waals surface area (Å²) in [6.07, 6.45) is 25.1. The maximum Gasteiger partial charge on any atom is 0.469 e. The molecule has 0 atom stereocenters. The smallest absolute Gasteiger partial charge is 0.395 e. The molecule has 0 saturated carbocycles. The average molecular weight is 568 g/mol. The molecular weight excluding hydrogens is 501 g/mol. The third-order valence-corrected chi connectivity index (χ3v) is 7.56. The molecule has 0 fully saturated rings. The molecular formula is C30H66NO6P. The van der Waals surface area contributed by atoms with Gasteiger partial charge >= 0.3 is 7.82 Å². The van der Waals surface area contributed by atoms with E-state index < -0.39 is 7.82 Å². The molecule has 0 aromatic heterocycles. The van der Waals surface area contributed by atoms with Crippen molar-refractivity contribution in [2.45, 2.75) is 149 Å². The second-order valence-electron chi connectivity index (χ2n) is 10.8. The van der Waals surface area contributed by atoms with Crippen LogP contribution in [0.1, 0.15) is 149 Å². The normalized spacial score (nSPS) is 11.8. The van der Waals surface area contributed by atoms with Gasteiger partial charge in [0.2, 0.25) is 0 Å². The maximum atomic E-state index is 10.8. The Balaban J connectivity index is 0. The molecule has 0 heterocycles. The van der Waals surface area contributed by atoms with Crippen molar-refractivity contribution in [3.05, 3.63) is 0 Å². The highest BCUT2D eigenvalue weighted by atomic mass is 31.2. The third kappa shape index (κ3) is 34.0. The number of rotatable bonds is 28. The molecule has 0 radical (unpaired) electrons. The molecule has 0 rings (SSSR count). The number of phosphoric acid groups is 1. The molecule has 8 heteroatoms. The number of aliphatic hydroxyl groups excluding tert-OH is 2. The van der Waals surface area contributed by atoms with Crippen molar-refractivity contribution in [3.63, 3.8) is 0 Å². The summed E-state index contributed by atoms with van der Waals surface area (Å²) in [5.74, 6) is 0.293. The first kappa shape index (κ1) is 40.1. The van der Waals surface area contributed by atoms with Crippen molar-refractivity contribution in [2.75, 3.05) is 39.5 Å². The van der Waals surface area contributed by atoms with Gasteiger partial charge < -0.3 is 20.0 Å². The van der Waals surface area contributed by atoms with E-state index in [1.165, 1.54) is 103 Å². The fourth-order valence-electron chi connectivity index (χ4n) is 4.67. The molecule has 38 heavy (non-hydrogen) atoms. The van der Waals surface area contributed by atoms with Gasteiger partial charge in [-0.15, -0.1) is 0 Å². The summed E-state index contributed by atoms with van der Waals surface area (Å²) in [6, 6.07) is 0. The van der Waals surface area contributed by atoms with Gasteiger partial charge in [-0.25, -0.2) is 4.57 Å². The Labute approximate surface area is 236 Å². The number of hydrogen-bond acceptors (Lipinski definition) is 5. The van der Waals surface area contributed by atoms with E-state index in [0.29, 0.717) is 19.0 Å². The zero-order valence-electron chi connectivity index (χ0n) is 25.5. The molecule has 0 unspecified atom stereocenters. The van der Waals surface area contributed by atoms with Crippen LogP contribution >= 0.6 is 7.82 Å². The Morgan fingerprint density at radius 2 is 0.947 bits per heavy atom. The average Bonchev–Trinajstić information content (AvgIpc) is 2.88. The highest BCUT2D eigenvalue weighted by Gasteiger charge is 2.18. The predicted molar refractivity (Wildman–Crippen MR) is 161 cm³/mol. The van der Waals surface area contributed by atoms with E-state index in [2.05, 4.69) is 30.2 Å². The van der Waals surface area contributed by atoms with E-state index >= 15 is 0 Å². The monoisotopic (exact) mass is 567 g/mol. The summed E-state index contributed by atoms with van der Waals surface area (Å²) in [5, 5.41) is 17.8. The van der Waals surface area contributed by atoms with Crippen molar-refractivity contribution >= 4 is 7.82 Å². The Hall–Kier alpha value is -0.0100. The minimum atomic E-state index is -4.31. The van der Waals surface area contributed by atoms with Crippen LogP contribution in [-0.4, -0.2) is 64.4 Å². The zero-order chi connectivity index (χ0) is 28.7. The lowest BCUT2D eigenvalue weighted by Gasteiger charge is -2.19. The molecule has 0 aliphatic heterocycles. The van der Waals surface area contributed by atoms with E-state index in [0.717, 1.165) is 32.2 Å². The highest BCUT2D eigenvalue weighted by Crippen LogP contribution is 2.37. The van der Waals surface area contributed by atoms with E-state index in [-0.39, 0.29) is 19.8 Å². The molecule has 0 amide bonds. The quantitative estimate of drug-likeness (QED) is 0.0563. The molecule has 0 saturated heterocycles. The van der Waals surface area contributed by atoms with E-state index in [4.69, 9.17) is 20.0 Å². The van der Waals surface area contributed by atoms with E-state index in [1.54, 1.807) is 0 Å². The van der Waals surface area contributed by atoms with Gasteiger partial charge in [0.05, 0.1) is 19.8 Å². The lowest BCUT2D eigenvalue weighted by molar-refractivity contribution is 0.157. The van der Waals surface area contributed by atoms with Gasteiger partial charge in [-0.05, 0) is 31.7 Å². The summed E-state index contributed by atoms with van der Waals surface area (Å²) in [6.45, 7) is 9.60. The number of unbranched alkanes of at least 4 members (excludes halogenated alkanes) is 15. The SMILES string of the molecule is CCCCCCC(CCCCCC)COP(=O)(O)O.CCCCCCCCCCCCN(CCO)CCO. The zero-order valence-corrected chi connectivity index (χ0v) is 26.4. The van der Waals surface area contributed by atoms with Crippen molar-refractivity contribution in [3.8, 4) is 0 Å². The maximum absolute atomic E-state index is 10.8. The first-order valence-electron chi connectivity index (χ1n) is 16.0. The topological polar surface area (TPSA) is 110 Å². The molecule has 0 aliphatic carbocycles. The Bertz CT molecular complexity index is 473. The van der Waals surface area contributed by atoms with Crippen LogP contribution < -0.4 is 0 Å². The van der Waals surface area contributed by atoms with Gasteiger partial charge in [-0.3, -0.25) is 9.42 Å². The first-order valence-corrected chi connectivity index (χ1v) is 17.5. The highest BCUT2D eigenvalue weighted by molar-refractivity contribution is 7.46. The molecule has 0 bridgehead atoms. The summed E-state index contributed by atoms with van der Waals surface area (Å²) < 4.78 is 15.4. The van der Waals surface area contributed by atoms with Gasteiger partial charge in [0.15, 0.2) is 0 Å². The minimum absolute atomic E-state index is 0.192. The molecule has 0 aromatic carbocycles. The predicted octanol–water partition coefficient (Wildman–Crippen LogP) is 7.85. The van der Waals surface area contributed by atoms with Crippen LogP contribution in [0.5, 0.6) is 0 Å². The van der Waals surface area contributed by atoms with Crippen LogP contribution in [0.3, 0.4) is 0 Å². The standard InChI is InChI=1S/C16H35NO2.C14H31O4P/c1-2-3-4-5-6-7-8-9-10-11-12-17(13-15-18)14-16-19;1-3-5-7-9-11-14(12-10-8-6-4-2)13-18-19(15,16)17/h18-19H,2-16H2,1H3;14H,3-13H2,1-2H3,(H2,15,16,17). The minimum Gasteiger partial charge on any atom is -0.395 e. The second-order valence-corrected chi connectivity index (χ2v) is 12.1. The number of phosphoric ester groups is 1. The van der Waals surface area contributed by atoms with Crippen molar-refractivity contribution < 1.29 is 29.1 Å². The molecule has 0 aliphatic rings. The fourth-order valence-corrected chi connectivity index (χ4v) is 5.08. The van der Waals surface area contributed by atoms with Crippen LogP contribution in [-0.2, 0) is 9.09 Å². The van der Waals surface area contributed by atoms with Crippen LogP contribution in [0, 0.1) is 5.92 Å². The molecule has 0 aromatic rings. The Morgan fingerprint density at radius 3 is 1.32 bits per heavy atom. The summed E-state index contributed by atoms with van der Waals surface area (Å²) in [4.78, 5) is 19.7. The Kier molecular flexibility index (Phi) is 33.3. The lowest BCUT2D eigenvalue weighted by atomic mass is 9.95. The van der Waals surface area contributed by atoms with E-state index in [1.807, 2.05) is 0 Å². The van der Waals surface area contributed by atoms with Gasteiger partial charge in [0.25, 0.3) is 0 Å². The van der Waals surface area contributed by atoms with Crippen molar-refractivity contribution in [2.24, 2.45) is 5.92 Å². The van der Waals surface area contributed by atoms with Crippen LogP contribution in [0.4, 0.5) is 0 Å². The number of aliphatic hydroxyl groups is 2. The van der Waals surface area contributed by atoms with E-state index in [9.17, 15) is 4.57 Å². The second kappa shape index (κ2) is 31.5. The summed E-state index contributed by atoms with van der Waals surface area (Å²) >= 11 is 0. The van der Waals surface area contributed by atoms with Crippen LogP contribution in [0.25, 0.3) is 0 Å². The van der Waals surface area contributed by atoms with Crippen LogP contribution in [0.2, 0.25) is 0 Å². The third-order valence-electron chi connectivity index (χ3n) is 7.07. The molecule has 0 spiro atoms. The number of nitrogens with zero attached hydrogens (tertiary/aromatic N) is 1. The number of hydrogen-bond donors (Lipinski definition) is 4.